The third-order valence-corrected chi connectivity index (χ3v) is 5.20. The summed E-state index contributed by atoms with van der Waals surface area (Å²) in [5.41, 5.74) is 2.58. The molecule has 3 N–H and O–H groups in total. The van der Waals surface area contributed by atoms with Crippen LogP contribution < -0.4 is 10.6 Å². The normalized spacial score (nSPS) is 12.4. The Bertz CT molecular complexity index is 1060. The molecule has 0 bridgehead atoms. The van der Waals surface area contributed by atoms with Crippen molar-refractivity contribution in [3.63, 3.8) is 0 Å². The Balaban J connectivity index is 1.69. The Morgan fingerprint density at radius 2 is 1.26 bits per heavy atom. The van der Waals surface area contributed by atoms with Gasteiger partial charge in [0.1, 0.15) is 12.6 Å². The highest BCUT2D eigenvalue weighted by molar-refractivity contribution is 5.90. The van der Waals surface area contributed by atoms with Gasteiger partial charge >= 0.3 is 11.9 Å². The molecule has 0 aliphatic carbocycles. The second-order valence-corrected chi connectivity index (χ2v) is 7.86. The molecular formula is C27H28N2O5. The Kier molecular flexibility index (Phi) is 9.37. The molecule has 176 valence electrons. The molecule has 0 aliphatic heterocycles. The summed E-state index contributed by atoms with van der Waals surface area (Å²) in [5.74, 6) is -2.28. The Hall–Kier alpha value is -3.97. The maximum atomic E-state index is 13.0. The molecule has 0 saturated carbocycles. The Labute approximate surface area is 198 Å². The molecule has 2 unspecified atom stereocenters. The fourth-order valence-corrected chi connectivity index (χ4v) is 3.41. The van der Waals surface area contributed by atoms with E-state index < -0.39 is 36.4 Å². The summed E-state index contributed by atoms with van der Waals surface area (Å²) in [6.07, 6.45) is -0.200. The van der Waals surface area contributed by atoms with E-state index in [-0.39, 0.29) is 13.0 Å². The number of ether oxygens (including phenoxy) is 1. The van der Waals surface area contributed by atoms with Crippen LogP contribution in [0, 0.1) is 0 Å². The minimum absolute atomic E-state index is 0.0750. The van der Waals surface area contributed by atoms with Gasteiger partial charge < -0.3 is 20.5 Å². The molecule has 0 spiro atoms. The van der Waals surface area contributed by atoms with Gasteiger partial charge in [-0.1, -0.05) is 91.0 Å². The zero-order chi connectivity index (χ0) is 24.2. The van der Waals surface area contributed by atoms with Crippen LogP contribution in [0.25, 0.3) is 0 Å². The maximum Gasteiger partial charge on any atom is 0.329 e. The number of carboxylic acids is 1. The predicted octanol–water partition coefficient (Wildman–Crippen LogP) is 3.09. The number of hydrogen-bond acceptors (Lipinski definition) is 5. The van der Waals surface area contributed by atoms with Crippen LogP contribution in [0.5, 0.6) is 0 Å². The topological polar surface area (TPSA) is 105 Å². The van der Waals surface area contributed by atoms with Crippen molar-refractivity contribution < 1.29 is 24.2 Å². The van der Waals surface area contributed by atoms with Crippen molar-refractivity contribution in [3.05, 3.63) is 108 Å². The fraction of sp³-hybridized carbons (Fsp3) is 0.222. The summed E-state index contributed by atoms with van der Waals surface area (Å²) in [6.45, 7) is 0.389. The lowest BCUT2D eigenvalue weighted by atomic mass is 10.0. The molecule has 1 amide bonds. The Morgan fingerprint density at radius 3 is 1.82 bits per heavy atom. The van der Waals surface area contributed by atoms with Gasteiger partial charge in [-0.2, -0.15) is 0 Å². The van der Waals surface area contributed by atoms with Crippen LogP contribution in [0.1, 0.15) is 23.1 Å². The summed E-state index contributed by atoms with van der Waals surface area (Å²) in [4.78, 5) is 37.3. The van der Waals surface area contributed by atoms with Crippen molar-refractivity contribution in [2.75, 3.05) is 0 Å². The summed E-state index contributed by atoms with van der Waals surface area (Å²) in [5, 5.41) is 15.0. The minimum atomic E-state index is -1.12. The van der Waals surface area contributed by atoms with Crippen LogP contribution in [-0.4, -0.2) is 35.0 Å². The van der Waals surface area contributed by atoms with E-state index in [4.69, 9.17) is 4.74 Å². The van der Waals surface area contributed by atoms with Crippen LogP contribution in [0.2, 0.25) is 0 Å². The number of hydrogen-bond donors (Lipinski definition) is 3. The van der Waals surface area contributed by atoms with Gasteiger partial charge in [-0.15, -0.1) is 0 Å². The molecule has 3 aromatic rings. The third-order valence-electron chi connectivity index (χ3n) is 5.20. The second-order valence-electron chi connectivity index (χ2n) is 7.86. The molecule has 0 saturated heterocycles. The van der Waals surface area contributed by atoms with Crippen LogP contribution in [0.3, 0.4) is 0 Å². The number of carbonyl (C=O) groups is 3. The van der Waals surface area contributed by atoms with Crippen molar-refractivity contribution in [1.82, 2.24) is 10.6 Å². The van der Waals surface area contributed by atoms with Gasteiger partial charge in [-0.05, 0) is 16.7 Å². The highest BCUT2D eigenvalue weighted by Gasteiger charge is 2.28. The van der Waals surface area contributed by atoms with Gasteiger partial charge in [0, 0.05) is 13.0 Å². The van der Waals surface area contributed by atoms with E-state index in [1.54, 1.807) is 0 Å². The zero-order valence-electron chi connectivity index (χ0n) is 18.7. The number of esters is 1. The van der Waals surface area contributed by atoms with Crippen LogP contribution >= 0.6 is 0 Å². The first-order valence-electron chi connectivity index (χ1n) is 11.0. The third kappa shape index (κ3) is 8.18. The van der Waals surface area contributed by atoms with Crippen LogP contribution in [0.4, 0.5) is 0 Å². The number of carbonyl (C=O) groups excluding carboxylic acids is 2. The maximum absolute atomic E-state index is 13.0. The van der Waals surface area contributed by atoms with Crippen LogP contribution in [-0.2, 0) is 38.7 Å². The summed E-state index contributed by atoms with van der Waals surface area (Å²) in [6, 6.07) is 25.9. The number of rotatable bonds is 12. The van der Waals surface area contributed by atoms with E-state index >= 15 is 0 Å². The van der Waals surface area contributed by atoms with Crippen molar-refractivity contribution in [1.29, 1.82) is 0 Å². The molecule has 34 heavy (non-hydrogen) atoms. The summed E-state index contributed by atoms with van der Waals surface area (Å²) >= 11 is 0. The van der Waals surface area contributed by atoms with Crippen LogP contribution in [0.15, 0.2) is 91.0 Å². The van der Waals surface area contributed by atoms with Crippen molar-refractivity contribution >= 4 is 17.8 Å². The molecule has 0 heterocycles. The lowest BCUT2D eigenvalue weighted by molar-refractivity contribution is -0.149. The molecule has 0 fully saturated rings. The first-order chi connectivity index (χ1) is 16.5. The highest BCUT2D eigenvalue weighted by atomic mass is 16.5. The SMILES string of the molecule is O=C(O)CC(NCc1ccccc1)C(=O)NC(Cc1ccccc1)C(=O)OCc1ccccc1. The standard InChI is InChI=1S/C27H28N2O5/c30-25(31)17-23(28-18-21-12-6-2-7-13-21)26(32)29-24(16-20-10-4-1-5-11-20)27(33)34-19-22-14-8-3-9-15-22/h1-15,23-24,28H,16-19H2,(H,29,32)(H,30,31). The van der Waals surface area contributed by atoms with E-state index in [1.165, 1.54) is 0 Å². The molecule has 0 radical (unpaired) electrons. The lowest BCUT2D eigenvalue weighted by Crippen LogP contribution is -2.51. The summed E-state index contributed by atoms with van der Waals surface area (Å²) in [7, 11) is 0. The number of amides is 1. The largest absolute Gasteiger partial charge is 0.481 e. The quantitative estimate of drug-likeness (QED) is 0.359. The second kappa shape index (κ2) is 12.9. The predicted molar refractivity (Wildman–Crippen MR) is 128 cm³/mol. The van der Waals surface area contributed by atoms with E-state index in [9.17, 15) is 19.5 Å². The molecule has 3 rings (SSSR count). The van der Waals surface area contributed by atoms with Gasteiger partial charge in [0.05, 0.1) is 12.5 Å². The van der Waals surface area contributed by atoms with Gasteiger partial charge in [0.2, 0.25) is 5.91 Å². The van der Waals surface area contributed by atoms with Gasteiger partial charge in [0.15, 0.2) is 0 Å². The minimum Gasteiger partial charge on any atom is -0.481 e. The first-order valence-corrected chi connectivity index (χ1v) is 11.0. The number of carboxylic acid groups (broad SMARTS) is 1. The van der Waals surface area contributed by atoms with Gasteiger partial charge in [-0.3, -0.25) is 9.59 Å². The highest BCUT2D eigenvalue weighted by Crippen LogP contribution is 2.09. The average Bonchev–Trinajstić information content (AvgIpc) is 2.86. The summed E-state index contributed by atoms with van der Waals surface area (Å²) < 4.78 is 5.46. The van der Waals surface area contributed by atoms with Gasteiger partial charge in [0.25, 0.3) is 0 Å². The molecule has 3 aromatic carbocycles. The van der Waals surface area contributed by atoms with E-state index in [1.807, 2.05) is 91.0 Å². The van der Waals surface area contributed by atoms with Crippen molar-refractivity contribution in [2.24, 2.45) is 0 Å². The van der Waals surface area contributed by atoms with E-state index in [0.29, 0.717) is 6.54 Å². The molecule has 2 atom stereocenters. The number of aliphatic carboxylic acids is 1. The molecule has 7 heteroatoms. The zero-order valence-corrected chi connectivity index (χ0v) is 18.7. The van der Waals surface area contributed by atoms with E-state index in [0.717, 1.165) is 16.7 Å². The average molecular weight is 461 g/mol. The Morgan fingerprint density at radius 1 is 0.735 bits per heavy atom. The molecule has 0 aliphatic rings. The first kappa shape index (κ1) is 24.7. The molecule has 7 nitrogen and oxygen atoms in total. The van der Waals surface area contributed by atoms with Gasteiger partial charge in [-0.25, -0.2) is 4.79 Å². The monoisotopic (exact) mass is 460 g/mol. The smallest absolute Gasteiger partial charge is 0.329 e. The molecule has 0 aromatic heterocycles. The van der Waals surface area contributed by atoms with Crippen molar-refractivity contribution in [3.8, 4) is 0 Å². The van der Waals surface area contributed by atoms with Crippen molar-refractivity contribution in [2.45, 2.75) is 38.1 Å². The number of nitrogens with one attached hydrogen (secondary N) is 2. The van der Waals surface area contributed by atoms with E-state index in [2.05, 4.69) is 10.6 Å². The fourth-order valence-electron chi connectivity index (χ4n) is 3.41. The number of benzene rings is 3. The molecular weight excluding hydrogens is 432 g/mol. The lowest BCUT2D eigenvalue weighted by Gasteiger charge is -2.22.